The summed E-state index contributed by atoms with van der Waals surface area (Å²) in [6.07, 6.45) is 7.04. The lowest BCUT2D eigenvalue weighted by Crippen LogP contribution is -1.98. The van der Waals surface area contributed by atoms with E-state index in [1.54, 1.807) is 0 Å². The number of hydrogen-bond acceptors (Lipinski definition) is 1. The number of rotatable bonds is 4. The number of aliphatic hydroxyl groups is 1. The lowest BCUT2D eigenvalue weighted by molar-refractivity contribution is 0.164. The van der Waals surface area contributed by atoms with Crippen molar-refractivity contribution in [1.82, 2.24) is 0 Å². The van der Waals surface area contributed by atoms with E-state index in [0.29, 0.717) is 6.42 Å². The van der Waals surface area contributed by atoms with E-state index in [1.165, 1.54) is 5.56 Å². The fourth-order valence-electron chi connectivity index (χ4n) is 1.46. The first-order valence-electron chi connectivity index (χ1n) is 5.02. The number of halogens is 1. The van der Waals surface area contributed by atoms with Gasteiger partial charge in [-0.15, -0.1) is 12.3 Å². The molecule has 0 aromatic heterocycles. The molecule has 0 aliphatic carbocycles. The summed E-state index contributed by atoms with van der Waals surface area (Å²) in [4.78, 5) is 0. The quantitative estimate of drug-likeness (QED) is 0.652. The summed E-state index contributed by atoms with van der Waals surface area (Å²) in [5.41, 5.74) is 2.12. The molecule has 0 fully saturated rings. The van der Waals surface area contributed by atoms with Gasteiger partial charge in [-0.05, 0) is 37.0 Å². The third-order valence-corrected chi connectivity index (χ3v) is 3.00. The van der Waals surface area contributed by atoms with Crippen molar-refractivity contribution in [3.05, 3.63) is 33.8 Å². The zero-order valence-electron chi connectivity index (χ0n) is 8.83. The van der Waals surface area contributed by atoms with Crippen molar-refractivity contribution in [2.24, 2.45) is 0 Å². The summed E-state index contributed by atoms with van der Waals surface area (Å²) in [7, 11) is 0. The van der Waals surface area contributed by atoms with Crippen molar-refractivity contribution in [2.75, 3.05) is 0 Å². The Morgan fingerprint density at radius 2 is 2.27 bits per heavy atom. The molecule has 1 nitrogen and oxygen atoms in total. The molecule has 0 aliphatic heterocycles. The standard InChI is InChI=1S/C13H15BrO/c1-3-4-5-6-13(15)11-8-7-10(2)9-12(11)14/h1,7-9,13,15H,4-6H2,2H3. The minimum absolute atomic E-state index is 0.423. The normalized spacial score (nSPS) is 12.1. The number of benzene rings is 1. The number of terminal acetylenes is 1. The summed E-state index contributed by atoms with van der Waals surface area (Å²) in [5, 5.41) is 9.92. The third kappa shape index (κ3) is 3.70. The lowest BCUT2D eigenvalue weighted by atomic mass is 10.0. The highest BCUT2D eigenvalue weighted by Crippen LogP contribution is 2.27. The van der Waals surface area contributed by atoms with E-state index < -0.39 is 6.10 Å². The van der Waals surface area contributed by atoms with Crippen LogP contribution in [0.4, 0.5) is 0 Å². The largest absolute Gasteiger partial charge is 0.388 e. The Bertz CT molecular complexity index is 365. The van der Waals surface area contributed by atoms with E-state index in [1.807, 2.05) is 25.1 Å². The maximum atomic E-state index is 9.92. The Hall–Kier alpha value is -0.780. The number of unbranched alkanes of at least 4 members (excludes halogenated alkanes) is 1. The zero-order chi connectivity index (χ0) is 11.3. The summed E-state index contributed by atoms with van der Waals surface area (Å²) >= 11 is 3.46. The SMILES string of the molecule is C#CCCCC(O)c1ccc(C)cc1Br. The molecule has 0 heterocycles. The minimum atomic E-state index is -0.423. The molecular formula is C13H15BrO. The first-order chi connectivity index (χ1) is 7.15. The van der Waals surface area contributed by atoms with Crippen molar-refractivity contribution < 1.29 is 5.11 Å². The number of aryl methyl sites for hydroxylation is 1. The van der Waals surface area contributed by atoms with Gasteiger partial charge < -0.3 is 5.11 Å². The van der Waals surface area contributed by atoms with Gasteiger partial charge in [-0.1, -0.05) is 28.1 Å². The molecular weight excluding hydrogens is 252 g/mol. The van der Waals surface area contributed by atoms with Crippen LogP contribution < -0.4 is 0 Å². The van der Waals surface area contributed by atoms with E-state index in [2.05, 4.69) is 21.9 Å². The van der Waals surface area contributed by atoms with Crippen molar-refractivity contribution in [3.63, 3.8) is 0 Å². The van der Waals surface area contributed by atoms with E-state index in [0.717, 1.165) is 22.9 Å². The van der Waals surface area contributed by atoms with Crippen LogP contribution in [0, 0.1) is 19.3 Å². The topological polar surface area (TPSA) is 20.2 Å². The molecule has 1 N–H and O–H groups in total. The van der Waals surface area contributed by atoms with Crippen LogP contribution in [0.25, 0.3) is 0 Å². The molecule has 0 amide bonds. The van der Waals surface area contributed by atoms with Gasteiger partial charge in [-0.3, -0.25) is 0 Å². The molecule has 1 atom stereocenters. The summed E-state index contributed by atoms with van der Waals surface area (Å²) in [6.45, 7) is 2.03. The fourth-order valence-corrected chi connectivity index (χ4v) is 2.21. The molecule has 0 aliphatic rings. The van der Waals surface area contributed by atoms with E-state index in [4.69, 9.17) is 6.42 Å². The number of hydrogen-bond donors (Lipinski definition) is 1. The van der Waals surface area contributed by atoms with Crippen LogP contribution in [0.5, 0.6) is 0 Å². The van der Waals surface area contributed by atoms with Gasteiger partial charge >= 0.3 is 0 Å². The van der Waals surface area contributed by atoms with Crippen molar-refractivity contribution in [2.45, 2.75) is 32.3 Å². The molecule has 0 saturated heterocycles. The van der Waals surface area contributed by atoms with Gasteiger partial charge in [0.1, 0.15) is 0 Å². The maximum Gasteiger partial charge on any atom is 0.0801 e. The average Bonchev–Trinajstić information content (AvgIpc) is 2.17. The molecule has 1 aromatic carbocycles. The zero-order valence-corrected chi connectivity index (χ0v) is 10.4. The summed E-state index contributed by atoms with van der Waals surface area (Å²) in [6, 6.07) is 5.98. The predicted molar refractivity (Wildman–Crippen MR) is 66.5 cm³/mol. The Balaban J connectivity index is 2.66. The molecule has 15 heavy (non-hydrogen) atoms. The van der Waals surface area contributed by atoms with Crippen LogP contribution >= 0.6 is 15.9 Å². The van der Waals surface area contributed by atoms with Crippen molar-refractivity contribution in [3.8, 4) is 12.3 Å². The molecule has 2 heteroatoms. The molecule has 0 bridgehead atoms. The summed E-state index contributed by atoms with van der Waals surface area (Å²) < 4.78 is 0.968. The van der Waals surface area contributed by atoms with Gasteiger partial charge in [-0.2, -0.15) is 0 Å². The smallest absolute Gasteiger partial charge is 0.0801 e. The van der Waals surface area contributed by atoms with E-state index >= 15 is 0 Å². The molecule has 0 radical (unpaired) electrons. The third-order valence-electron chi connectivity index (χ3n) is 2.31. The van der Waals surface area contributed by atoms with Gasteiger partial charge in [0, 0.05) is 10.9 Å². The van der Waals surface area contributed by atoms with Crippen LogP contribution in [0.1, 0.15) is 36.5 Å². The maximum absolute atomic E-state index is 9.92. The first kappa shape index (κ1) is 12.3. The van der Waals surface area contributed by atoms with Crippen LogP contribution in [0.2, 0.25) is 0 Å². The van der Waals surface area contributed by atoms with Crippen LogP contribution in [0.3, 0.4) is 0 Å². The average molecular weight is 267 g/mol. The highest BCUT2D eigenvalue weighted by molar-refractivity contribution is 9.10. The van der Waals surface area contributed by atoms with Gasteiger partial charge in [0.2, 0.25) is 0 Å². The van der Waals surface area contributed by atoms with E-state index in [-0.39, 0.29) is 0 Å². The molecule has 0 spiro atoms. The van der Waals surface area contributed by atoms with Gasteiger partial charge in [0.25, 0.3) is 0 Å². The highest BCUT2D eigenvalue weighted by atomic mass is 79.9. The second-order valence-electron chi connectivity index (χ2n) is 3.64. The second kappa shape index (κ2) is 5.95. The minimum Gasteiger partial charge on any atom is -0.388 e. The predicted octanol–water partition coefficient (Wildman–Crippen LogP) is 3.59. The lowest BCUT2D eigenvalue weighted by Gasteiger charge is -2.12. The fraction of sp³-hybridized carbons (Fsp3) is 0.385. The molecule has 80 valence electrons. The van der Waals surface area contributed by atoms with Gasteiger partial charge in [0.15, 0.2) is 0 Å². The van der Waals surface area contributed by atoms with Crippen molar-refractivity contribution in [1.29, 1.82) is 0 Å². The molecule has 0 saturated carbocycles. The second-order valence-corrected chi connectivity index (χ2v) is 4.49. The molecule has 1 unspecified atom stereocenters. The monoisotopic (exact) mass is 266 g/mol. The van der Waals surface area contributed by atoms with Crippen LogP contribution in [-0.2, 0) is 0 Å². The van der Waals surface area contributed by atoms with Crippen LogP contribution in [-0.4, -0.2) is 5.11 Å². The van der Waals surface area contributed by atoms with Crippen molar-refractivity contribution >= 4 is 15.9 Å². The van der Waals surface area contributed by atoms with Crippen LogP contribution in [0.15, 0.2) is 22.7 Å². The Morgan fingerprint density at radius 3 is 2.87 bits per heavy atom. The van der Waals surface area contributed by atoms with E-state index in [9.17, 15) is 5.11 Å². The Kier molecular flexibility index (Phi) is 4.87. The highest BCUT2D eigenvalue weighted by Gasteiger charge is 2.10. The number of aliphatic hydroxyl groups excluding tert-OH is 1. The summed E-state index contributed by atoms with van der Waals surface area (Å²) in [5.74, 6) is 2.58. The van der Waals surface area contributed by atoms with Gasteiger partial charge in [0.05, 0.1) is 6.10 Å². The molecule has 1 aromatic rings. The Morgan fingerprint density at radius 1 is 1.53 bits per heavy atom. The Labute approximate surface area is 99.6 Å². The first-order valence-corrected chi connectivity index (χ1v) is 5.82. The van der Waals surface area contributed by atoms with Gasteiger partial charge in [-0.25, -0.2) is 0 Å². The molecule has 1 rings (SSSR count).